The Hall–Kier alpha value is -4.07. The molecule has 0 atom stereocenters. The Morgan fingerprint density at radius 3 is 2.50 bits per heavy atom. The fourth-order valence-corrected chi connectivity index (χ4v) is 2.52. The van der Waals surface area contributed by atoms with Crippen LogP contribution in [0.5, 0.6) is 5.88 Å². The second kappa shape index (κ2) is 8.09. The summed E-state index contributed by atoms with van der Waals surface area (Å²) in [4.78, 5) is 16.6. The predicted octanol–water partition coefficient (Wildman–Crippen LogP) is 2.89. The van der Waals surface area contributed by atoms with Gasteiger partial charge in [0, 0.05) is 11.6 Å². The number of hydrogen-bond donors (Lipinski definition) is 1. The number of tetrazole rings is 1. The second-order valence-electron chi connectivity index (χ2n) is 5.91. The van der Waals surface area contributed by atoms with Crippen molar-refractivity contribution < 1.29 is 9.53 Å². The lowest BCUT2D eigenvalue weighted by Crippen LogP contribution is -2.12. The predicted molar refractivity (Wildman–Crippen MR) is 102 cm³/mol. The zero-order valence-corrected chi connectivity index (χ0v) is 14.8. The molecule has 4 aromatic rings. The Morgan fingerprint density at radius 2 is 1.82 bits per heavy atom. The van der Waals surface area contributed by atoms with Gasteiger partial charge in [0.05, 0.1) is 17.6 Å². The van der Waals surface area contributed by atoms with Crippen LogP contribution in [-0.2, 0) is 6.61 Å². The summed E-state index contributed by atoms with van der Waals surface area (Å²) in [7, 11) is 0. The lowest BCUT2D eigenvalue weighted by atomic mass is 10.2. The number of rotatable bonds is 6. The van der Waals surface area contributed by atoms with Gasteiger partial charge in [-0.1, -0.05) is 30.3 Å². The molecule has 8 heteroatoms. The van der Waals surface area contributed by atoms with Crippen molar-refractivity contribution in [2.45, 2.75) is 6.61 Å². The van der Waals surface area contributed by atoms with Gasteiger partial charge in [-0.05, 0) is 46.3 Å². The molecule has 0 fully saturated rings. The summed E-state index contributed by atoms with van der Waals surface area (Å²) < 4.78 is 7.16. The number of aromatic nitrogens is 5. The summed E-state index contributed by atoms with van der Waals surface area (Å²) >= 11 is 0. The van der Waals surface area contributed by atoms with Crippen molar-refractivity contribution in [2.75, 3.05) is 5.32 Å². The molecule has 2 aromatic heterocycles. The molecular formula is C20H16N6O2. The summed E-state index contributed by atoms with van der Waals surface area (Å²) in [6.07, 6.45) is 3.05. The third-order valence-electron chi connectivity index (χ3n) is 3.97. The quantitative estimate of drug-likeness (QED) is 0.559. The van der Waals surface area contributed by atoms with Crippen molar-refractivity contribution in [2.24, 2.45) is 0 Å². The van der Waals surface area contributed by atoms with E-state index in [1.54, 1.807) is 42.6 Å². The summed E-state index contributed by atoms with van der Waals surface area (Å²) in [6, 6.07) is 20.3. The Morgan fingerprint density at radius 1 is 1.00 bits per heavy atom. The minimum atomic E-state index is -0.233. The molecule has 138 valence electrons. The molecule has 0 aliphatic carbocycles. The number of amides is 1. The Bertz CT molecular complexity index is 1030. The molecule has 8 nitrogen and oxygen atoms in total. The number of anilines is 1. The molecule has 2 heterocycles. The summed E-state index contributed by atoms with van der Waals surface area (Å²) in [6.45, 7) is 0.438. The largest absolute Gasteiger partial charge is 0.473 e. The first-order valence-corrected chi connectivity index (χ1v) is 8.55. The summed E-state index contributed by atoms with van der Waals surface area (Å²) in [5.41, 5.74) is 2.93. The highest BCUT2D eigenvalue weighted by Crippen LogP contribution is 2.15. The molecule has 0 aliphatic heterocycles. The van der Waals surface area contributed by atoms with Gasteiger partial charge in [-0.2, -0.15) is 0 Å². The van der Waals surface area contributed by atoms with E-state index in [-0.39, 0.29) is 5.91 Å². The van der Waals surface area contributed by atoms with Gasteiger partial charge < -0.3 is 10.1 Å². The van der Waals surface area contributed by atoms with Gasteiger partial charge in [-0.15, -0.1) is 5.10 Å². The third kappa shape index (κ3) is 4.18. The minimum Gasteiger partial charge on any atom is -0.473 e. The maximum Gasteiger partial charge on any atom is 0.255 e. The Kier molecular flexibility index (Phi) is 5.01. The molecule has 0 spiro atoms. The van der Waals surface area contributed by atoms with Gasteiger partial charge in [0.15, 0.2) is 0 Å². The molecule has 0 aliphatic rings. The van der Waals surface area contributed by atoms with Crippen molar-refractivity contribution in [3.63, 3.8) is 0 Å². The topological polar surface area (TPSA) is 94.8 Å². The zero-order valence-electron chi connectivity index (χ0n) is 14.8. The minimum absolute atomic E-state index is 0.233. The number of benzene rings is 2. The molecule has 0 radical (unpaired) electrons. The van der Waals surface area contributed by atoms with Gasteiger partial charge in [0.25, 0.3) is 5.91 Å². The molecule has 1 amide bonds. The van der Waals surface area contributed by atoms with Gasteiger partial charge in [0.1, 0.15) is 12.9 Å². The zero-order chi connectivity index (χ0) is 19.2. The maximum atomic E-state index is 12.4. The third-order valence-corrected chi connectivity index (χ3v) is 3.97. The van der Waals surface area contributed by atoms with Crippen LogP contribution in [0.3, 0.4) is 0 Å². The smallest absolute Gasteiger partial charge is 0.255 e. The van der Waals surface area contributed by atoms with Crippen molar-refractivity contribution in [3.05, 3.63) is 90.4 Å². The standard InChI is InChI=1S/C20H16N6O2/c27-20(16-6-9-18(10-7-16)26-14-22-24-25-26)23-17-8-11-19(21-12-17)28-13-15-4-2-1-3-5-15/h1-12,14H,13H2,(H,23,27). The highest BCUT2D eigenvalue weighted by atomic mass is 16.5. The molecule has 0 bridgehead atoms. The number of carbonyl (C=O) groups excluding carboxylic acids is 1. The van der Waals surface area contributed by atoms with Gasteiger partial charge >= 0.3 is 0 Å². The molecule has 2 aromatic carbocycles. The average Bonchev–Trinajstić information content (AvgIpc) is 3.29. The molecular weight excluding hydrogens is 356 g/mol. The van der Waals surface area contributed by atoms with Crippen molar-refractivity contribution in [1.82, 2.24) is 25.2 Å². The van der Waals surface area contributed by atoms with Gasteiger partial charge in [-0.25, -0.2) is 9.67 Å². The fourth-order valence-electron chi connectivity index (χ4n) is 2.52. The molecule has 0 unspecified atom stereocenters. The highest BCUT2D eigenvalue weighted by molar-refractivity contribution is 6.04. The SMILES string of the molecule is O=C(Nc1ccc(OCc2ccccc2)nc1)c1ccc(-n2cnnn2)cc1. The first-order valence-electron chi connectivity index (χ1n) is 8.55. The Labute approximate surface area is 160 Å². The van der Waals surface area contributed by atoms with E-state index in [0.717, 1.165) is 11.3 Å². The van der Waals surface area contributed by atoms with Crippen LogP contribution in [0.15, 0.2) is 79.3 Å². The molecule has 28 heavy (non-hydrogen) atoms. The van der Waals surface area contributed by atoms with Crippen LogP contribution in [0.1, 0.15) is 15.9 Å². The van der Waals surface area contributed by atoms with E-state index < -0.39 is 0 Å². The number of ether oxygens (including phenoxy) is 1. The molecule has 4 rings (SSSR count). The van der Waals surface area contributed by atoms with Crippen LogP contribution >= 0.6 is 0 Å². The maximum absolute atomic E-state index is 12.4. The number of carbonyl (C=O) groups is 1. The first-order chi connectivity index (χ1) is 13.8. The summed E-state index contributed by atoms with van der Waals surface area (Å²) in [5, 5.41) is 13.8. The van der Waals surface area contributed by atoms with E-state index in [1.807, 2.05) is 30.3 Å². The molecule has 0 saturated carbocycles. The van der Waals surface area contributed by atoms with Crippen LogP contribution < -0.4 is 10.1 Å². The monoisotopic (exact) mass is 372 g/mol. The highest BCUT2D eigenvalue weighted by Gasteiger charge is 2.08. The second-order valence-corrected chi connectivity index (χ2v) is 5.91. The van der Waals surface area contributed by atoms with Crippen LogP contribution in [0.4, 0.5) is 5.69 Å². The van der Waals surface area contributed by atoms with E-state index in [9.17, 15) is 4.79 Å². The van der Waals surface area contributed by atoms with E-state index >= 15 is 0 Å². The van der Waals surface area contributed by atoms with Crippen LogP contribution in [0.2, 0.25) is 0 Å². The summed E-state index contributed by atoms with van der Waals surface area (Å²) in [5.74, 6) is 0.260. The van der Waals surface area contributed by atoms with E-state index in [0.29, 0.717) is 23.7 Å². The average molecular weight is 372 g/mol. The van der Waals surface area contributed by atoms with Crippen molar-refractivity contribution >= 4 is 11.6 Å². The lowest BCUT2D eigenvalue weighted by Gasteiger charge is -2.08. The lowest BCUT2D eigenvalue weighted by molar-refractivity contribution is 0.102. The first kappa shape index (κ1) is 17.3. The van der Waals surface area contributed by atoms with E-state index in [4.69, 9.17) is 4.74 Å². The number of nitrogens with one attached hydrogen (secondary N) is 1. The van der Waals surface area contributed by atoms with Crippen molar-refractivity contribution in [1.29, 1.82) is 0 Å². The van der Waals surface area contributed by atoms with Crippen LogP contribution in [0.25, 0.3) is 5.69 Å². The number of nitrogens with zero attached hydrogens (tertiary/aromatic N) is 5. The van der Waals surface area contributed by atoms with Crippen molar-refractivity contribution in [3.8, 4) is 11.6 Å². The Balaban J connectivity index is 1.35. The number of pyridine rings is 1. The van der Waals surface area contributed by atoms with Gasteiger partial charge in [0.2, 0.25) is 5.88 Å². The van der Waals surface area contributed by atoms with Crippen LogP contribution in [0, 0.1) is 0 Å². The number of hydrogen-bond acceptors (Lipinski definition) is 6. The molecule has 1 N–H and O–H groups in total. The van der Waals surface area contributed by atoms with E-state index in [1.165, 1.54) is 11.0 Å². The van der Waals surface area contributed by atoms with E-state index in [2.05, 4.69) is 25.8 Å². The fraction of sp³-hybridized carbons (Fsp3) is 0.0500. The normalized spacial score (nSPS) is 10.4. The molecule has 0 saturated heterocycles. The van der Waals surface area contributed by atoms with Crippen LogP contribution in [-0.4, -0.2) is 31.1 Å². The van der Waals surface area contributed by atoms with Gasteiger partial charge in [-0.3, -0.25) is 4.79 Å².